The summed E-state index contributed by atoms with van der Waals surface area (Å²) in [6.45, 7) is 2.10. The number of benzene rings is 1. The molecule has 0 radical (unpaired) electrons. The molecule has 1 aromatic carbocycles. The van der Waals surface area contributed by atoms with Crippen LogP contribution in [0.1, 0.15) is 23.6 Å². The van der Waals surface area contributed by atoms with E-state index in [2.05, 4.69) is 42.9 Å². The molecule has 0 bridgehead atoms. The van der Waals surface area contributed by atoms with Crippen molar-refractivity contribution < 1.29 is 0 Å². The zero-order valence-electron chi connectivity index (χ0n) is 8.79. The van der Waals surface area contributed by atoms with Gasteiger partial charge in [0.05, 0.1) is 0 Å². The van der Waals surface area contributed by atoms with Crippen LogP contribution in [0.15, 0.2) is 24.3 Å². The van der Waals surface area contributed by atoms with Crippen molar-refractivity contribution in [1.29, 1.82) is 0 Å². The molecule has 78 valence electrons. The largest absolute Gasteiger partial charge is 0.271 e. The van der Waals surface area contributed by atoms with Gasteiger partial charge < -0.3 is 0 Å². The van der Waals surface area contributed by atoms with Gasteiger partial charge in [0.25, 0.3) is 0 Å². The first-order valence-corrected chi connectivity index (χ1v) is 6.19. The summed E-state index contributed by atoms with van der Waals surface area (Å²) in [7, 11) is 0. The van der Waals surface area contributed by atoms with E-state index in [0.717, 1.165) is 12.2 Å². The normalized spacial score (nSPS) is 12.8. The van der Waals surface area contributed by atoms with E-state index in [1.807, 2.05) is 11.8 Å². The van der Waals surface area contributed by atoms with Crippen molar-refractivity contribution in [3.05, 3.63) is 35.4 Å². The van der Waals surface area contributed by atoms with Crippen LogP contribution in [-0.4, -0.2) is 12.0 Å². The highest BCUT2D eigenvalue weighted by atomic mass is 32.2. The third kappa shape index (κ3) is 3.33. The molecule has 0 aliphatic rings. The van der Waals surface area contributed by atoms with Crippen LogP contribution in [0.5, 0.6) is 0 Å². The molecule has 0 amide bonds. The first kappa shape index (κ1) is 11.6. The van der Waals surface area contributed by atoms with Gasteiger partial charge in [-0.05, 0) is 30.9 Å². The Labute approximate surface area is 90.2 Å². The zero-order valence-corrected chi connectivity index (χ0v) is 9.60. The van der Waals surface area contributed by atoms with Gasteiger partial charge in [-0.15, -0.1) is 0 Å². The topological polar surface area (TPSA) is 38.0 Å². The smallest absolute Gasteiger partial charge is 0.0467 e. The SMILES string of the molecule is CSCCC(NN)c1cccc(C)c1. The Kier molecular flexibility index (Phi) is 5.01. The molecule has 1 aromatic rings. The Balaban J connectivity index is 2.68. The van der Waals surface area contributed by atoms with Crippen molar-refractivity contribution in [2.24, 2.45) is 5.84 Å². The standard InChI is InChI=1S/C11H18N2S/c1-9-4-3-5-10(8-9)11(13-12)6-7-14-2/h3-5,8,11,13H,6-7,12H2,1-2H3. The molecule has 0 spiro atoms. The van der Waals surface area contributed by atoms with Gasteiger partial charge in [-0.3, -0.25) is 11.3 Å². The fourth-order valence-electron chi connectivity index (χ4n) is 1.47. The molecule has 1 atom stereocenters. The van der Waals surface area contributed by atoms with E-state index in [0.29, 0.717) is 0 Å². The van der Waals surface area contributed by atoms with E-state index in [9.17, 15) is 0 Å². The molecular weight excluding hydrogens is 192 g/mol. The molecule has 1 rings (SSSR count). The minimum atomic E-state index is 0.280. The van der Waals surface area contributed by atoms with Gasteiger partial charge in [0, 0.05) is 6.04 Å². The number of rotatable bonds is 5. The quantitative estimate of drug-likeness (QED) is 0.578. The van der Waals surface area contributed by atoms with E-state index in [1.165, 1.54) is 11.1 Å². The lowest BCUT2D eigenvalue weighted by atomic mass is 10.0. The molecule has 0 aromatic heterocycles. The maximum Gasteiger partial charge on any atom is 0.0467 e. The van der Waals surface area contributed by atoms with E-state index in [4.69, 9.17) is 5.84 Å². The van der Waals surface area contributed by atoms with Crippen molar-refractivity contribution in [3.8, 4) is 0 Å². The van der Waals surface area contributed by atoms with Gasteiger partial charge in [-0.25, -0.2) is 0 Å². The highest BCUT2D eigenvalue weighted by Crippen LogP contribution is 2.18. The minimum Gasteiger partial charge on any atom is -0.271 e. The zero-order chi connectivity index (χ0) is 10.4. The van der Waals surface area contributed by atoms with Crippen LogP contribution in [-0.2, 0) is 0 Å². The fourth-order valence-corrected chi connectivity index (χ4v) is 1.94. The maximum atomic E-state index is 5.54. The van der Waals surface area contributed by atoms with E-state index >= 15 is 0 Å². The molecule has 0 aliphatic carbocycles. The lowest BCUT2D eigenvalue weighted by molar-refractivity contribution is 0.542. The summed E-state index contributed by atoms with van der Waals surface area (Å²) in [5.74, 6) is 6.66. The van der Waals surface area contributed by atoms with Gasteiger partial charge >= 0.3 is 0 Å². The predicted molar refractivity (Wildman–Crippen MR) is 64.2 cm³/mol. The van der Waals surface area contributed by atoms with Crippen LogP contribution < -0.4 is 11.3 Å². The van der Waals surface area contributed by atoms with Crippen LogP contribution in [0, 0.1) is 6.92 Å². The number of hydrazine groups is 1. The van der Waals surface area contributed by atoms with Gasteiger partial charge in [0.2, 0.25) is 0 Å². The molecule has 0 saturated heterocycles. The first-order valence-electron chi connectivity index (χ1n) is 4.79. The lowest BCUT2D eigenvalue weighted by Gasteiger charge is -2.16. The van der Waals surface area contributed by atoms with Gasteiger partial charge in [-0.2, -0.15) is 11.8 Å². The summed E-state index contributed by atoms with van der Waals surface area (Å²) in [5.41, 5.74) is 5.43. The number of hydrogen-bond donors (Lipinski definition) is 2. The second kappa shape index (κ2) is 6.06. The number of nitrogens with two attached hydrogens (primary N) is 1. The van der Waals surface area contributed by atoms with Crippen molar-refractivity contribution in [2.75, 3.05) is 12.0 Å². The van der Waals surface area contributed by atoms with Gasteiger partial charge in [0.1, 0.15) is 0 Å². The third-order valence-corrected chi connectivity index (χ3v) is 2.90. The number of hydrogen-bond acceptors (Lipinski definition) is 3. The molecule has 0 aliphatic heterocycles. The van der Waals surface area contributed by atoms with E-state index in [-0.39, 0.29) is 6.04 Å². The van der Waals surface area contributed by atoms with Crippen molar-refractivity contribution in [3.63, 3.8) is 0 Å². The van der Waals surface area contributed by atoms with Crippen molar-refractivity contribution in [1.82, 2.24) is 5.43 Å². The van der Waals surface area contributed by atoms with Crippen LogP contribution in [0.25, 0.3) is 0 Å². The lowest BCUT2D eigenvalue weighted by Crippen LogP contribution is -2.28. The van der Waals surface area contributed by atoms with Gasteiger partial charge in [-0.1, -0.05) is 29.8 Å². The maximum absolute atomic E-state index is 5.54. The van der Waals surface area contributed by atoms with Crippen LogP contribution >= 0.6 is 11.8 Å². The summed E-state index contributed by atoms with van der Waals surface area (Å²) in [4.78, 5) is 0. The highest BCUT2D eigenvalue weighted by Gasteiger charge is 2.08. The number of aryl methyl sites for hydroxylation is 1. The third-order valence-electron chi connectivity index (χ3n) is 2.26. The highest BCUT2D eigenvalue weighted by molar-refractivity contribution is 7.98. The Morgan fingerprint density at radius 3 is 2.86 bits per heavy atom. The van der Waals surface area contributed by atoms with Crippen molar-refractivity contribution >= 4 is 11.8 Å². The van der Waals surface area contributed by atoms with Crippen LogP contribution in [0.3, 0.4) is 0 Å². The Morgan fingerprint density at radius 2 is 2.29 bits per heavy atom. The summed E-state index contributed by atoms with van der Waals surface area (Å²) in [6, 6.07) is 8.77. The molecule has 0 heterocycles. The van der Waals surface area contributed by atoms with Crippen molar-refractivity contribution in [2.45, 2.75) is 19.4 Å². The molecule has 0 fully saturated rings. The average Bonchev–Trinajstić information content (AvgIpc) is 2.19. The van der Waals surface area contributed by atoms with Crippen LogP contribution in [0.4, 0.5) is 0 Å². The Hall–Kier alpha value is -0.510. The van der Waals surface area contributed by atoms with Crippen LogP contribution in [0.2, 0.25) is 0 Å². The average molecular weight is 210 g/mol. The van der Waals surface area contributed by atoms with E-state index in [1.54, 1.807) is 0 Å². The molecule has 0 saturated carbocycles. The molecule has 3 N–H and O–H groups in total. The monoisotopic (exact) mass is 210 g/mol. The molecule has 14 heavy (non-hydrogen) atoms. The Bertz CT molecular complexity index is 276. The molecular formula is C11H18N2S. The fraction of sp³-hybridized carbons (Fsp3) is 0.455. The summed E-state index contributed by atoms with van der Waals surface area (Å²) in [5, 5.41) is 0. The predicted octanol–water partition coefficient (Wildman–Crippen LogP) is 2.25. The summed E-state index contributed by atoms with van der Waals surface area (Å²) >= 11 is 1.85. The van der Waals surface area contributed by atoms with E-state index < -0.39 is 0 Å². The Morgan fingerprint density at radius 1 is 1.50 bits per heavy atom. The molecule has 1 unspecified atom stereocenters. The molecule has 3 heteroatoms. The summed E-state index contributed by atoms with van der Waals surface area (Å²) in [6.07, 6.45) is 3.19. The second-order valence-corrected chi connectivity index (χ2v) is 4.40. The van der Waals surface area contributed by atoms with Gasteiger partial charge in [0.15, 0.2) is 0 Å². The number of nitrogens with one attached hydrogen (secondary N) is 1. The number of thioether (sulfide) groups is 1. The molecule has 2 nitrogen and oxygen atoms in total. The second-order valence-electron chi connectivity index (χ2n) is 3.41. The first-order chi connectivity index (χ1) is 6.77. The summed E-state index contributed by atoms with van der Waals surface area (Å²) < 4.78 is 0. The minimum absolute atomic E-state index is 0.280.